The van der Waals surface area contributed by atoms with Gasteiger partial charge in [0.05, 0.1) is 10.6 Å². The highest BCUT2D eigenvalue weighted by Crippen LogP contribution is 2.36. The molecule has 2 aromatic carbocycles. The summed E-state index contributed by atoms with van der Waals surface area (Å²) in [5.74, 6) is -0.345. The Bertz CT molecular complexity index is 653. The van der Waals surface area contributed by atoms with Crippen LogP contribution in [0.5, 0.6) is 0 Å². The molecule has 0 aromatic heterocycles. The lowest BCUT2D eigenvalue weighted by atomic mass is 10.1. The van der Waals surface area contributed by atoms with Crippen LogP contribution in [0, 0.1) is 12.7 Å². The second-order valence-electron chi connectivity index (χ2n) is 4.62. The van der Waals surface area contributed by atoms with E-state index in [9.17, 15) is 17.6 Å². The number of nitrogens with one attached hydrogen (secondary N) is 1. The minimum atomic E-state index is -4.50. The summed E-state index contributed by atoms with van der Waals surface area (Å²) >= 11 is 5.55. The topological polar surface area (TPSA) is 12.0 Å². The maximum absolute atomic E-state index is 13.0. The SMILES string of the molecule is Cc1cc(F)ccc1CNc1ccc(Cl)c(C(F)(F)F)c1. The molecule has 1 nitrogen and oxygen atoms in total. The fourth-order valence-corrected chi connectivity index (χ4v) is 2.13. The Balaban J connectivity index is 2.17. The van der Waals surface area contributed by atoms with E-state index in [0.29, 0.717) is 12.2 Å². The molecule has 0 saturated heterocycles. The predicted molar refractivity (Wildman–Crippen MR) is 74.9 cm³/mol. The van der Waals surface area contributed by atoms with E-state index in [1.807, 2.05) is 0 Å². The Morgan fingerprint density at radius 2 is 1.81 bits per heavy atom. The number of aryl methyl sites for hydroxylation is 1. The molecule has 112 valence electrons. The largest absolute Gasteiger partial charge is 0.417 e. The summed E-state index contributed by atoms with van der Waals surface area (Å²) in [6, 6.07) is 7.91. The third-order valence-electron chi connectivity index (χ3n) is 3.06. The second-order valence-corrected chi connectivity index (χ2v) is 5.02. The lowest BCUT2D eigenvalue weighted by molar-refractivity contribution is -0.137. The number of hydrogen-bond donors (Lipinski definition) is 1. The van der Waals surface area contributed by atoms with Gasteiger partial charge in [-0.25, -0.2) is 4.39 Å². The van der Waals surface area contributed by atoms with Gasteiger partial charge in [0.2, 0.25) is 0 Å². The molecule has 0 aliphatic heterocycles. The summed E-state index contributed by atoms with van der Waals surface area (Å²) < 4.78 is 51.2. The normalized spacial score (nSPS) is 11.5. The van der Waals surface area contributed by atoms with Crippen molar-refractivity contribution in [3.05, 3.63) is 63.9 Å². The molecule has 0 aliphatic rings. The van der Waals surface area contributed by atoms with Crippen LogP contribution < -0.4 is 5.32 Å². The van der Waals surface area contributed by atoms with Gasteiger partial charge in [0.1, 0.15) is 5.82 Å². The summed E-state index contributed by atoms with van der Waals surface area (Å²) in [7, 11) is 0. The molecule has 21 heavy (non-hydrogen) atoms. The number of alkyl halides is 3. The molecule has 2 rings (SSSR count). The van der Waals surface area contributed by atoms with Crippen LogP contribution in [0.3, 0.4) is 0 Å². The highest BCUT2D eigenvalue weighted by molar-refractivity contribution is 6.31. The summed E-state index contributed by atoms with van der Waals surface area (Å²) in [4.78, 5) is 0. The number of halogens is 5. The van der Waals surface area contributed by atoms with Gasteiger partial charge in [0, 0.05) is 12.2 Å². The number of rotatable bonds is 3. The second kappa shape index (κ2) is 5.93. The van der Waals surface area contributed by atoms with Crippen LogP contribution in [-0.2, 0) is 12.7 Å². The average molecular weight is 318 g/mol. The zero-order chi connectivity index (χ0) is 15.6. The molecule has 6 heteroatoms. The summed E-state index contributed by atoms with van der Waals surface area (Å²) in [5.41, 5.74) is 0.952. The fraction of sp³-hybridized carbons (Fsp3) is 0.200. The molecule has 0 heterocycles. The molecule has 0 radical (unpaired) electrons. The van der Waals surface area contributed by atoms with Crippen LogP contribution >= 0.6 is 11.6 Å². The van der Waals surface area contributed by atoms with Crippen LogP contribution in [0.25, 0.3) is 0 Å². The van der Waals surface area contributed by atoms with E-state index in [0.717, 1.165) is 17.2 Å². The minimum absolute atomic E-state index is 0.297. The van der Waals surface area contributed by atoms with Crippen molar-refractivity contribution in [1.82, 2.24) is 0 Å². The Morgan fingerprint density at radius 3 is 2.43 bits per heavy atom. The Kier molecular flexibility index (Phi) is 4.42. The van der Waals surface area contributed by atoms with Gasteiger partial charge < -0.3 is 5.32 Å². The van der Waals surface area contributed by atoms with Crippen molar-refractivity contribution in [2.24, 2.45) is 0 Å². The van der Waals surface area contributed by atoms with Crippen molar-refractivity contribution in [3.8, 4) is 0 Å². The maximum Gasteiger partial charge on any atom is 0.417 e. The van der Waals surface area contributed by atoms with Gasteiger partial charge in [0.25, 0.3) is 0 Å². The molecule has 0 atom stereocenters. The molecule has 0 aliphatic carbocycles. The van der Waals surface area contributed by atoms with E-state index >= 15 is 0 Å². The maximum atomic E-state index is 13.0. The summed E-state index contributed by atoms with van der Waals surface area (Å²) in [5, 5.41) is 2.54. The highest BCUT2D eigenvalue weighted by Gasteiger charge is 2.33. The van der Waals surface area contributed by atoms with E-state index in [2.05, 4.69) is 5.32 Å². The third kappa shape index (κ3) is 3.88. The third-order valence-corrected chi connectivity index (χ3v) is 3.39. The smallest absolute Gasteiger partial charge is 0.381 e. The van der Waals surface area contributed by atoms with Gasteiger partial charge in [-0.15, -0.1) is 0 Å². The zero-order valence-electron chi connectivity index (χ0n) is 11.1. The van der Waals surface area contributed by atoms with Crippen LogP contribution in [-0.4, -0.2) is 0 Å². The quantitative estimate of drug-likeness (QED) is 0.745. The van der Waals surface area contributed by atoms with Crippen molar-refractivity contribution < 1.29 is 17.6 Å². The van der Waals surface area contributed by atoms with E-state index in [1.165, 1.54) is 24.3 Å². The molecule has 0 unspecified atom stereocenters. The Labute approximate surface area is 124 Å². The van der Waals surface area contributed by atoms with Gasteiger partial charge in [-0.1, -0.05) is 17.7 Å². The number of anilines is 1. The summed E-state index contributed by atoms with van der Waals surface area (Å²) in [6.45, 7) is 2.04. The first-order valence-corrected chi connectivity index (χ1v) is 6.51. The monoisotopic (exact) mass is 317 g/mol. The zero-order valence-corrected chi connectivity index (χ0v) is 11.8. The molecule has 0 amide bonds. The first kappa shape index (κ1) is 15.6. The molecular formula is C15H12ClF4N. The van der Waals surface area contributed by atoms with E-state index in [4.69, 9.17) is 11.6 Å². The first-order chi connectivity index (χ1) is 9.77. The van der Waals surface area contributed by atoms with Crippen LogP contribution in [0.2, 0.25) is 5.02 Å². The molecular weight excluding hydrogens is 306 g/mol. The van der Waals surface area contributed by atoms with Crippen molar-refractivity contribution in [2.45, 2.75) is 19.6 Å². The summed E-state index contributed by atoms with van der Waals surface area (Å²) in [6.07, 6.45) is -4.50. The van der Waals surface area contributed by atoms with Gasteiger partial charge in [0.15, 0.2) is 0 Å². The van der Waals surface area contributed by atoms with Crippen LogP contribution in [0.4, 0.5) is 23.2 Å². The van der Waals surface area contributed by atoms with E-state index < -0.39 is 11.7 Å². The van der Waals surface area contributed by atoms with Crippen molar-refractivity contribution in [2.75, 3.05) is 5.32 Å². The Hall–Kier alpha value is -1.75. The van der Waals surface area contributed by atoms with Gasteiger partial charge in [-0.3, -0.25) is 0 Å². The first-order valence-electron chi connectivity index (χ1n) is 6.13. The Morgan fingerprint density at radius 1 is 1.10 bits per heavy atom. The van der Waals surface area contributed by atoms with Gasteiger partial charge in [-0.05, 0) is 48.4 Å². The molecule has 1 N–H and O–H groups in total. The highest BCUT2D eigenvalue weighted by atomic mass is 35.5. The van der Waals surface area contributed by atoms with Crippen LogP contribution in [0.15, 0.2) is 36.4 Å². The van der Waals surface area contributed by atoms with E-state index in [1.54, 1.807) is 13.0 Å². The lowest BCUT2D eigenvalue weighted by Crippen LogP contribution is -2.08. The van der Waals surface area contributed by atoms with Gasteiger partial charge >= 0.3 is 6.18 Å². The standard InChI is InChI=1S/C15H12ClF4N/c1-9-6-11(17)3-2-10(9)8-21-12-4-5-14(16)13(7-12)15(18,19)20/h2-7,21H,8H2,1H3. The molecule has 0 saturated carbocycles. The van der Waals surface area contributed by atoms with E-state index in [-0.39, 0.29) is 10.8 Å². The van der Waals surface area contributed by atoms with Crippen molar-refractivity contribution in [1.29, 1.82) is 0 Å². The van der Waals surface area contributed by atoms with Crippen LogP contribution in [0.1, 0.15) is 16.7 Å². The fourth-order valence-electron chi connectivity index (χ4n) is 1.91. The number of hydrogen-bond acceptors (Lipinski definition) is 1. The number of benzene rings is 2. The average Bonchev–Trinajstić information content (AvgIpc) is 2.38. The minimum Gasteiger partial charge on any atom is -0.381 e. The van der Waals surface area contributed by atoms with Crippen molar-refractivity contribution in [3.63, 3.8) is 0 Å². The predicted octanol–water partition coefficient (Wildman–Crippen LogP) is 5.42. The molecule has 0 bridgehead atoms. The molecule has 0 fully saturated rings. The van der Waals surface area contributed by atoms with Crippen molar-refractivity contribution >= 4 is 17.3 Å². The molecule has 2 aromatic rings. The molecule has 0 spiro atoms. The lowest BCUT2D eigenvalue weighted by Gasteiger charge is -2.13. The van der Waals surface area contributed by atoms with Gasteiger partial charge in [-0.2, -0.15) is 13.2 Å².